The van der Waals surface area contributed by atoms with Gasteiger partial charge in [0.2, 0.25) is 0 Å². The summed E-state index contributed by atoms with van der Waals surface area (Å²) >= 11 is 1.53. The van der Waals surface area contributed by atoms with Gasteiger partial charge in [-0.05, 0) is 26.0 Å². The second-order valence-corrected chi connectivity index (χ2v) is 4.93. The van der Waals surface area contributed by atoms with Gasteiger partial charge in [0.05, 0.1) is 17.4 Å². The van der Waals surface area contributed by atoms with E-state index < -0.39 is 0 Å². The quantitative estimate of drug-likeness (QED) is 0.655. The van der Waals surface area contributed by atoms with E-state index in [1.165, 1.54) is 17.6 Å². The van der Waals surface area contributed by atoms with E-state index in [9.17, 15) is 4.79 Å². The van der Waals surface area contributed by atoms with Crippen molar-refractivity contribution in [2.45, 2.75) is 13.8 Å². The summed E-state index contributed by atoms with van der Waals surface area (Å²) in [5, 5.41) is 4.84. The number of hydrogen-bond acceptors (Lipinski definition) is 6. The predicted molar refractivity (Wildman–Crippen MR) is 79.4 cm³/mol. The summed E-state index contributed by atoms with van der Waals surface area (Å²) in [6.07, 6.45) is 4.75. The van der Waals surface area contributed by atoms with E-state index >= 15 is 0 Å². The van der Waals surface area contributed by atoms with Gasteiger partial charge in [0.1, 0.15) is 0 Å². The van der Waals surface area contributed by atoms with Crippen LogP contribution < -0.4 is 10.3 Å². The molecule has 0 aliphatic rings. The number of anilines is 1. The SMILES string of the molecule is CCN(CC)c1ncc(/C=N\NC(=O)c2ccco2)s1. The van der Waals surface area contributed by atoms with E-state index in [1.807, 2.05) is 0 Å². The number of furan rings is 1. The van der Waals surface area contributed by atoms with Crippen molar-refractivity contribution in [2.75, 3.05) is 18.0 Å². The van der Waals surface area contributed by atoms with Gasteiger partial charge < -0.3 is 9.32 Å². The summed E-state index contributed by atoms with van der Waals surface area (Å²) in [5.41, 5.74) is 2.40. The van der Waals surface area contributed by atoms with Crippen LogP contribution in [0, 0.1) is 0 Å². The van der Waals surface area contributed by atoms with Gasteiger partial charge >= 0.3 is 5.91 Å². The Morgan fingerprint density at radius 1 is 1.55 bits per heavy atom. The standard InChI is InChI=1S/C13H16N4O2S/c1-3-17(4-2)13-14-8-10(20-13)9-15-16-12(18)11-6-5-7-19-11/h5-9H,3-4H2,1-2H3,(H,16,18)/b15-9-. The number of hydrazone groups is 1. The molecule has 1 N–H and O–H groups in total. The molecule has 0 saturated heterocycles. The van der Waals surface area contributed by atoms with Crippen molar-refractivity contribution in [3.63, 3.8) is 0 Å². The molecule has 2 aromatic rings. The number of amides is 1. The van der Waals surface area contributed by atoms with Crippen LogP contribution in [0.3, 0.4) is 0 Å². The first-order valence-corrected chi connectivity index (χ1v) is 7.14. The van der Waals surface area contributed by atoms with Crippen molar-refractivity contribution in [1.82, 2.24) is 10.4 Å². The maximum atomic E-state index is 11.6. The molecule has 1 amide bonds. The lowest BCUT2D eigenvalue weighted by atomic mass is 10.4. The lowest BCUT2D eigenvalue weighted by Crippen LogP contribution is -2.21. The van der Waals surface area contributed by atoms with Gasteiger partial charge in [-0.3, -0.25) is 4.79 Å². The van der Waals surface area contributed by atoms with E-state index in [4.69, 9.17) is 4.42 Å². The third kappa shape index (κ3) is 3.45. The normalized spacial score (nSPS) is 10.9. The summed E-state index contributed by atoms with van der Waals surface area (Å²) in [5.74, 6) is -0.144. The molecule has 0 fully saturated rings. The maximum absolute atomic E-state index is 11.6. The van der Waals surface area contributed by atoms with Gasteiger partial charge in [-0.2, -0.15) is 5.10 Å². The Kier molecular flexibility index (Phi) is 4.89. The smallest absolute Gasteiger partial charge is 0.307 e. The van der Waals surface area contributed by atoms with Gasteiger partial charge in [0.25, 0.3) is 0 Å². The van der Waals surface area contributed by atoms with E-state index in [0.29, 0.717) is 0 Å². The summed E-state index contributed by atoms with van der Waals surface area (Å²) < 4.78 is 4.96. The number of nitrogens with zero attached hydrogens (tertiary/aromatic N) is 3. The van der Waals surface area contributed by atoms with Crippen LogP contribution in [0.4, 0.5) is 5.13 Å². The van der Waals surface area contributed by atoms with Crippen LogP contribution >= 0.6 is 11.3 Å². The molecule has 7 heteroatoms. The van der Waals surface area contributed by atoms with Crippen molar-refractivity contribution in [1.29, 1.82) is 0 Å². The number of hydrogen-bond donors (Lipinski definition) is 1. The number of aromatic nitrogens is 1. The molecule has 106 valence electrons. The van der Waals surface area contributed by atoms with Crippen molar-refractivity contribution in [2.24, 2.45) is 5.10 Å². The highest BCUT2D eigenvalue weighted by atomic mass is 32.1. The Hall–Kier alpha value is -2.15. The highest BCUT2D eigenvalue weighted by Crippen LogP contribution is 2.20. The van der Waals surface area contributed by atoms with E-state index in [1.54, 1.807) is 24.5 Å². The second kappa shape index (κ2) is 6.85. The fraction of sp³-hybridized carbons (Fsp3) is 0.308. The summed E-state index contributed by atoms with van der Waals surface area (Å²) in [6, 6.07) is 3.23. The van der Waals surface area contributed by atoms with Crippen LogP contribution in [0.15, 0.2) is 34.1 Å². The summed E-state index contributed by atoms with van der Waals surface area (Å²) in [4.78, 5) is 18.9. The van der Waals surface area contributed by atoms with Gasteiger partial charge in [-0.1, -0.05) is 11.3 Å². The Bertz CT molecular complexity index is 573. The van der Waals surface area contributed by atoms with Gasteiger partial charge in [-0.15, -0.1) is 0 Å². The Balaban J connectivity index is 1.93. The Morgan fingerprint density at radius 3 is 3.00 bits per heavy atom. The molecule has 0 aliphatic heterocycles. The topological polar surface area (TPSA) is 70.7 Å². The van der Waals surface area contributed by atoms with Crippen LogP contribution in [0.5, 0.6) is 0 Å². The van der Waals surface area contributed by atoms with Crippen LogP contribution in [-0.4, -0.2) is 30.2 Å². The molecule has 0 spiro atoms. The molecular formula is C13H16N4O2S. The molecule has 0 radical (unpaired) electrons. The van der Waals surface area contributed by atoms with E-state index in [-0.39, 0.29) is 11.7 Å². The fourth-order valence-electron chi connectivity index (χ4n) is 1.59. The summed E-state index contributed by atoms with van der Waals surface area (Å²) in [6.45, 7) is 6.00. The lowest BCUT2D eigenvalue weighted by molar-refractivity contribution is 0.0927. The second-order valence-electron chi connectivity index (χ2n) is 3.89. The molecule has 0 aliphatic carbocycles. The third-order valence-corrected chi connectivity index (χ3v) is 3.64. The van der Waals surface area contributed by atoms with Crippen LogP contribution in [0.25, 0.3) is 0 Å². The minimum absolute atomic E-state index is 0.232. The van der Waals surface area contributed by atoms with Crippen molar-refractivity contribution in [3.05, 3.63) is 35.2 Å². The number of carbonyl (C=O) groups is 1. The number of nitrogens with one attached hydrogen (secondary N) is 1. The third-order valence-electron chi connectivity index (χ3n) is 2.65. The Labute approximate surface area is 121 Å². The highest BCUT2D eigenvalue weighted by molar-refractivity contribution is 7.17. The van der Waals surface area contributed by atoms with Crippen molar-refractivity contribution < 1.29 is 9.21 Å². The van der Waals surface area contributed by atoms with Crippen molar-refractivity contribution in [3.8, 4) is 0 Å². The zero-order valence-corrected chi connectivity index (χ0v) is 12.2. The molecule has 2 aromatic heterocycles. The van der Waals surface area contributed by atoms with Gasteiger partial charge in [0, 0.05) is 19.3 Å². The molecular weight excluding hydrogens is 276 g/mol. The number of rotatable bonds is 6. The monoisotopic (exact) mass is 292 g/mol. The zero-order valence-electron chi connectivity index (χ0n) is 11.4. The first-order chi connectivity index (χ1) is 9.74. The average Bonchev–Trinajstić information content (AvgIpc) is 3.11. The fourth-order valence-corrected chi connectivity index (χ4v) is 2.51. The maximum Gasteiger partial charge on any atom is 0.307 e. The minimum atomic E-state index is -0.375. The molecule has 2 heterocycles. The molecule has 6 nitrogen and oxygen atoms in total. The Morgan fingerprint density at radius 2 is 2.35 bits per heavy atom. The number of carbonyl (C=O) groups excluding carboxylic acids is 1. The van der Waals surface area contributed by atoms with Crippen molar-refractivity contribution >= 4 is 28.6 Å². The molecule has 2 rings (SSSR count). The lowest BCUT2D eigenvalue weighted by Gasteiger charge is -2.16. The predicted octanol–water partition coefficient (Wildman–Crippen LogP) is 2.35. The zero-order chi connectivity index (χ0) is 14.4. The van der Waals surface area contributed by atoms with Crippen LogP contribution in [0.1, 0.15) is 29.3 Å². The van der Waals surface area contributed by atoms with E-state index in [0.717, 1.165) is 23.1 Å². The molecule has 0 unspecified atom stereocenters. The molecule has 0 aromatic carbocycles. The molecule has 0 atom stereocenters. The first kappa shape index (κ1) is 14.3. The molecule has 0 saturated carbocycles. The van der Waals surface area contributed by atoms with Crippen LogP contribution in [0.2, 0.25) is 0 Å². The van der Waals surface area contributed by atoms with Gasteiger partial charge in [0.15, 0.2) is 10.9 Å². The minimum Gasteiger partial charge on any atom is -0.459 e. The van der Waals surface area contributed by atoms with Gasteiger partial charge in [-0.25, -0.2) is 10.4 Å². The van der Waals surface area contributed by atoms with E-state index in [2.05, 4.69) is 34.3 Å². The number of thiazole rings is 1. The molecule has 0 bridgehead atoms. The summed E-state index contributed by atoms with van der Waals surface area (Å²) in [7, 11) is 0. The molecule has 20 heavy (non-hydrogen) atoms. The first-order valence-electron chi connectivity index (χ1n) is 6.32. The average molecular weight is 292 g/mol. The largest absolute Gasteiger partial charge is 0.459 e. The van der Waals surface area contributed by atoms with Crippen LogP contribution in [-0.2, 0) is 0 Å². The highest BCUT2D eigenvalue weighted by Gasteiger charge is 2.08.